The topological polar surface area (TPSA) is 76.7 Å². The molecule has 3 aromatic rings. The third-order valence-electron chi connectivity index (χ3n) is 3.04. The molecule has 6 nitrogen and oxygen atoms in total. The van der Waals surface area contributed by atoms with Crippen LogP contribution in [0.1, 0.15) is 17.4 Å². The second-order valence-electron chi connectivity index (χ2n) is 4.34. The van der Waals surface area contributed by atoms with E-state index in [9.17, 15) is 9.90 Å². The zero-order chi connectivity index (χ0) is 14.8. The highest BCUT2D eigenvalue weighted by molar-refractivity contribution is 5.95. The predicted molar refractivity (Wildman–Crippen MR) is 76.6 cm³/mol. The van der Waals surface area contributed by atoms with Crippen LogP contribution in [-0.4, -0.2) is 32.1 Å². The van der Waals surface area contributed by atoms with Gasteiger partial charge in [0.05, 0.1) is 6.61 Å². The molecule has 3 rings (SSSR count). The Labute approximate surface area is 120 Å². The maximum atomic E-state index is 11.6. The van der Waals surface area contributed by atoms with Gasteiger partial charge < -0.3 is 9.84 Å². The molecule has 0 aliphatic carbocycles. The molecule has 0 fully saturated rings. The fourth-order valence-electron chi connectivity index (χ4n) is 2.19. The molecule has 0 saturated heterocycles. The highest BCUT2D eigenvalue weighted by Crippen LogP contribution is 2.27. The van der Waals surface area contributed by atoms with Crippen LogP contribution in [0.5, 0.6) is 5.88 Å². The number of hydrogen-bond donors (Lipinski definition) is 1. The van der Waals surface area contributed by atoms with Crippen molar-refractivity contribution in [2.75, 3.05) is 6.61 Å². The first-order valence-electron chi connectivity index (χ1n) is 6.51. The minimum atomic E-state index is -1.05. The van der Waals surface area contributed by atoms with Gasteiger partial charge >= 0.3 is 5.97 Å². The third-order valence-corrected chi connectivity index (χ3v) is 3.04. The Morgan fingerprint density at radius 1 is 1.33 bits per heavy atom. The average molecular weight is 283 g/mol. The van der Waals surface area contributed by atoms with Gasteiger partial charge in [-0.25, -0.2) is 14.8 Å². The van der Waals surface area contributed by atoms with E-state index in [1.165, 1.54) is 10.6 Å². The van der Waals surface area contributed by atoms with Gasteiger partial charge in [0.25, 0.3) is 5.88 Å². The monoisotopic (exact) mass is 283 g/mol. The summed E-state index contributed by atoms with van der Waals surface area (Å²) in [5.74, 6) is -0.723. The standard InChI is InChI=1S/C15H13N3O3/c1-2-21-14-13-17-11(10-6-4-3-5-7-10)12(15(19)20)18(13)9-8-16-14/h3-9H,2H2,1H3,(H,19,20). The lowest BCUT2D eigenvalue weighted by Crippen LogP contribution is -2.04. The zero-order valence-electron chi connectivity index (χ0n) is 11.4. The lowest BCUT2D eigenvalue weighted by Gasteiger charge is -2.03. The molecule has 2 heterocycles. The lowest BCUT2D eigenvalue weighted by atomic mass is 10.1. The number of rotatable bonds is 4. The molecular formula is C15H13N3O3. The van der Waals surface area contributed by atoms with Crippen LogP contribution in [0.2, 0.25) is 0 Å². The summed E-state index contributed by atoms with van der Waals surface area (Å²) in [5.41, 5.74) is 1.63. The Balaban J connectivity index is 2.32. The minimum absolute atomic E-state index is 0.0968. The van der Waals surface area contributed by atoms with Crippen LogP contribution < -0.4 is 4.74 Å². The summed E-state index contributed by atoms with van der Waals surface area (Å²) in [6.45, 7) is 2.27. The van der Waals surface area contributed by atoms with Crippen molar-refractivity contribution >= 4 is 11.6 Å². The first-order valence-corrected chi connectivity index (χ1v) is 6.51. The number of aromatic nitrogens is 3. The lowest BCUT2D eigenvalue weighted by molar-refractivity contribution is 0.0690. The van der Waals surface area contributed by atoms with E-state index in [-0.39, 0.29) is 5.69 Å². The Bertz CT molecular complexity index is 797. The van der Waals surface area contributed by atoms with Gasteiger partial charge in [-0.2, -0.15) is 0 Å². The Morgan fingerprint density at radius 2 is 2.10 bits per heavy atom. The molecule has 6 heteroatoms. The van der Waals surface area contributed by atoms with Crippen LogP contribution >= 0.6 is 0 Å². The van der Waals surface area contributed by atoms with Gasteiger partial charge in [-0.1, -0.05) is 30.3 Å². The summed E-state index contributed by atoms with van der Waals surface area (Å²) in [5, 5.41) is 9.51. The molecule has 0 unspecified atom stereocenters. The number of nitrogens with zero attached hydrogens (tertiary/aromatic N) is 3. The number of imidazole rings is 1. The SMILES string of the molecule is CCOc1nccn2c(C(=O)O)c(-c3ccccc3)nc12. The summed E-state index contributed by atoms with van der Waals surface area (Å²) in [6, 6.07) is 9.19. The number of hydrogen-bond acceptors (Lipinski definition) is 4. The molecule has 0 bridgehead atoms. The van der Waals surface area contributed by atoms with Gasteiger partial charge in [0.15, 0.2) is 5.69 Å². The Kier molecular flexibility index (Phi) is 3.27. The average Bonchev–Trinajstić information content (AvgIpc) is 2.89. The first-order chi connectivity index (χ1) is 10.2. The van der Waals surface area contributed by atoms with Crippen molar-refractivity contribution in [1.82, 2.24) is 14.4 Å². The smallest absolute Gasteiger partial charge is 0.355 e. The maximum Gasteiger partial charge on any atom is 0.355 e. The van der Waals surface area contributed by atoms with Gasteiger partial charge in [0, 0.05) is 18.0 Å². The molecular weight excluding hydrogens is 270 g/mol. The molecule has 1 aromatic carbocycles. The van der Waals surface area contributed by atoms with E-state index in [0.717, 1.165) is 5.56 Å². The molecule has 0 aliphatic rings. The van der Waals surface area contributed by atoms with Crippen molar-refractivity contribution in [3.63, 3.8) is 0 Å². The Hall–Kier alpha value is -2.89. The Morgan fingerprint density at radius 3 is 2.76 bits per heavy atom. The third kappa shape index (κ3) is 2.20. The molecule has 0 radical (unpaired) electrons. The number of carbonyl (C=O) groups is 1. The fourth-order valence-corrected chi connectivity index (χ4v) is 2.19. The summed E-state index contributed by atoms with van der Waals surface area (Å²) in [7, 11) is 0. The van der Waals surface area contributed by atoms with E-state index in [1.54, 1.807) is 6.20 Å². The molecule has 0 spiro atoms. The van der Waals surface area contributed by atoms with Crippen LogP contribution in [0.4, 0.5) is 0 Å². The van der Waals surface area contributed by atoms with E-state index in [0.29, 0.717) is 23.8 Å². The largest absolute Gasteiger partial charge is 0.476 e. The highest BCUT2D eigenvalue weighted by atomic mass is 16.5. The minimum Gasteiger partial charge on any atom is -0.476 e. The molecule has 1 N–H and O–H groups in total. The van der Waals surface area contributed by atoms with E-state index in [1.807, 2.05) is 37.3 Å². The summed E-state index contributed by atoms with van der Waals surface area (Å²) >= 11 is 0. The first kappa shape index (κ1) is 13.1. The number of aromatic carboxylic acids is 1. The maximum absolute atomic E-state index is 11.6. The number of carboxylic acid groups (broad SMARTS) is 1. The molecule has 0 aliphatic heterocycles. The normalized spacial score (nSPS) is 10.7. The highest BCUT2D eigenvalue weighted by Gasteiger charge is 2.22. The van der Waals surface area contributed by atoms with E-state index >= 15 is 0 Å². The van der Waals surface area contributed by atoms with Crippen molar-refractivity contribution in [2.24, 2.45) is 0 Å². The van der Waals surface area contributed by atoms with E-state index < -0.39 is 5.97 Å². The van der Waals surface area contributed by atoms with Gasteiger partial charge in [0.1, 0.15) is 5.69 Å². The summed E-state index contributed by atoms with van der Waals surface area (Å²) in [4.78, 5) is 20.1. The number of fused-ring (bicyclic) bond motifs is 1. The summed E-state index contributed by atoms with van der Waals surface area (Å²) in [6.07, 6.45) is 3.07. The van der Waals surface area contributed by atoms with Crippen LogP contribution in [-0.2, 0) is 0 Å². The number of carboxylic acids is 1. The summed E-state index contributed by atoms with van der Waals surface area (Å²) < 4.78 is 6.90. The van der Waals surface area contributed by atoms with Crippen molar-refractivity contribution < 1.29 is 14.6 Å². The number of ether oxygens (including phenoxy) is 1. The van der Waals surface area contributed by atoms with Crippen molar-refractivity contribution in [2.45, 2.75) is 6.92 Å². The van der Waals surface area contributed by atoms with E-state index in [4.69, 9.17) is 4.74 Å². The predicted octanol–water partition coefficient (Wildman–Crippen LogP) is 2.49. The van der Waals surface area contributed by atoms with Crippen LogP contribution in [0.25, 0.3) is 16.9 Å². The van der Waals surface area contributed by atoms with Gasteiger partial charge in [-0.05, 0) is 6.92 Å². The number of benzene rings is 1. The molecule has 0 saturated carbocycles. The van der Waals surface area contributed by atoms with Gasteiger partial charge in [-0.3, -0.25) is 4.40 Å². The molecule has 0 atom stereocenters. The fraction of sp³-hybridized carbons (Fsp3) is 0.133. The molecule has 0 amide bonds. The second-order valence-corrected chi connectivity index (χ2v) is 4.34. The van der Waals surface area contributed by atoms with Crippen molar-refractivity contribution in [3.8, 4) is 17.1 Å². The van der Waals surface area contributed by atoms with Crippen LogP contribution in [0.3, 0.4) is 0 Å². The van der Waals surface area contributed by atoms with Gasteiger partial charge in [0.2, 0.25) is 5.65 Å². The second kappa shape index (κ2) is 5.24. The quantitative estimate of drug-likeness (QED) is 0.796. The van der Waals surface area contributed by atoms with Crippen LogP contribution in [0.15, 0.2) is 42.7 Å². The van der Waals surface area contributed by atoms with E-state index in [2.05, 4.69) is 9.97 Å². The van der Waals surface area contributed by atoms with Crippen LogP contribution in [0, 0.1) is 0 Å². The van der Waals surface area contributed by atoms with Crippen molar-refractivity contribution in [3.05, 3.63) is 48.4 Å². The molecule has 2 aromatic heterocycles. The molecule has 106 valence electrons. The van der Waals surface area contributed by atoms with Gasteiger partial charge in [-0.15, -0.1) is 0 Å². The zero-order valence-corrected chi connectivity index (χ0v) is 11.4. The molecule has 21 heavy (non-hydrogen) atoms. The van der Waals surface area contributed by atoms with Crippen molar-refractivity contribution in [1.29, 1.82) is 0 Å².